The molecule has 3 aromatic rings. The standard InChI is InChI=1S/C27H27FN2O3/c1-26-16-20-17-29-30(23-8-6-22(28)7-9-23)24(20)15-21(26)11-13-27(26,33)12-10-18-4-2-3-5-19(18)14-25(31)32/h2-9,15,17,33H,10-14,16H2,1H3,(H,31,32)/t26-,27-/m0/s1. The fourth-order valence-electron chi connectivity index (χ4n) is 5.60. The second-order valence-electron chi connectivity index (χ2n) is 9.49. The van der Waals surface area contributed by atoms with Crippen LogP contribution >= 0.6 is 0 Å². The molecular formula is C27H27FN2O3. The van der Waals surface area contributed by atoms with E-state index >= 15 is 0 Å². The van der Waals surface area contributed by atoms with E-state index in [-0.39, 0.29) is 12.2 Å². The normalized spacial score (nSPS) is 23.7. The fraction of sp³-hybridized carbons (Fsp3) is 0.333. The Labute approximate surface area is 192 Å². The third-order valence-corrected chi connectivity index (χ3v) is 7.62. The quantitative estimate of drug-likeness (QED) is 0.573. The van der Waals surface area contributed by atoms with Gasteiger partial charge in [-0.1, -0.05) is 36.8 Å². The van der Waals surface area contributed by atoms with Gasteiger partial charge in [0, 0.05) is 5.41 Å². The van der Waals surface area contributed by atoms with E-state index in [1.165, 1.54) is 17.7 Å². The van der Waals surface area contributed by atoms with E-state index in [0.29, 0.717) is 25.7 Å². The molecule has 5 rings (SSSR count). The summed E-state index contributed by atoms with van der Waals surface area (Å²) in [6, 6.07) is 13.9. The van der Waals surface area contributed by atoms with Crippen LogP contribution in [0.1, 0.15) is 48.6 Å². The summed E-state index contributed by atoms with van der Waals surface area (Å²) in [5.74, 6) is -1.13. The van der Waals surface area contributed by atoms with Crippen molar-refractivity contribution in [2.75, 3.05) is 0 Å². The fourth-order valence-corrected chi connectivity index (χ4v) is 5.60. The first kappa shape index (κ1) is 21.6. The number of aliphatic carboxylic acids is 1. The molecule has 1 heterocycles. The lowest BCUT2D eigenvalue weighted by molar-refractivity contribution is -0.136. The number of benzene rings is 2. The van der Waals surface area contributed by atoms with Gasteiger partial charge in [0.1, 0.15) is 5.82 Å². The van der Waals surface area contributed by atoms with Gasteiger partial charge in [0.25, 0.3) is 0 Å². The van der Waals surface area contributed by atoms with Crippen LogP contribution in [-0.2, 0) is 24.1 Å². The Hall–Kier alpha value is -3.25. The molecule has 2 N–H and O–H groups in total. The predicted molar refractivity (Wildman–Crippen MR) is 124 cm³/mol. The first-order valence-corrected chi connectivity index (χ1v) is 11.3. The number of hydrogen-bond donors (Lipinski definition) is 2. The molecule has 2 aromatic carbocycles. The van der Waals surface area contributed by atoms with Gasteiger partial charge >= 0.3 is 5.97 Å². The van der Waals surface area contributed by atoms with E-state index in [9.17, 15) is 19.4 Å². The van der Waals surface area contributed by atoms with Crippen LogP contribution in [0.3, 0.4) is 0 Å². The molecule has 2 aliphatic carbocycles. The third kappa shape index (κ3) is 3.68. The maximum absolute atomic E-state index is 13.4. The van der Waals surface area contributed by atoms with Crippen molar-refractivity contribution >= 4 is 12.0 Å². The molecule has 1 fully saturated rings. The van der Waals surface area contributed by atoms with Crippen molar-refractivity contribution in [3.8, 4) is 5.69 Å². The van der Waals surface area contributed by atoms with Crippen molar-refractivity contribution < 1.29 is 19.4 Å². The molecule has 1 aromatic heterocycles. The average Bonchev–Trinajstić information content (AvgIpc) is 3.30. The van der Waals surface area contributed by atoms with Crippen molar-refractivity contribution in [3.05, 3.63) is 88.5 Å². The summed E-state index contributed by atoms with van der Waals surface area (Å²) in [5, 5.41) is 25.6. The van der Waals surface area contributed by atoms with Gasteiger partial charge in [-0.25, -0.2) is 9.07 Å². The summed E-state index contributed by atoms with van der Waals surface area (Å²) in [7, 11) is 0. The van der Waals surface area contributed by atoms with Crippen LogP contribution in [0.5, 0.6) is 0 Å². The van der Waals surface area contributed by atoms with E-state index in [0.717, 1.165) is 34.5 Å². The van der Waals surface area contributed by atoms with E-state index in [1.54, 1.807) is 12.1 Å². The molecule has 5 nitrogen and oxygen atoms in total. The zero-order valence-corrected chi connectivity index (χ0v) is 18.6. The number of fused-ring (bicyclic) bond motifs is 2. The average molecular weight is 447 g/mol. The molecule has 0 spiro atoms. The number of nitrogens with zero attached hydrogens (tertiary/aromatic N) is 2. The third-order valence-electron chi connectivity index (χ3n) is 7.62. The molecule has 0 bridgehead atoms. The number of aryl methyl sites for hydroxylation is 1. The number of carboxylic acids is 1. The largest absolute Gasteiger partial charge is 0.481 e. The number of aromatic nitrogens is 2. The van der Waals surface area contributed by atoms with Gasteiger partial charge in [0.05, 0.1) is 29.6 Å². The molecular weight excluding hydrogens is 419 g/mol. The first-order valence-electron chi connectivity index (χ1n) is 11.3. The molecule has 0 unspecified atom stereocenters. The minimum absolute atomic E-state index is 0.0110. The number of carboxylic acid groups (broad SMARTS) is 1. The minimum Gasteiger partial charge on any atom is -0.481 e. The second-order valence-corrected chi connectivity index (χ2v) is 9.49. The van der Waals surface area contributed by atoms with Crippen molar-refractivity contribution in [2.24, 2.45) is 5.41 Å². The van der Waals surface area contributed by atoms with Crippen LogP contribution in [0.4, 0.5) is 4.39 Å². The van der Waals surface area contributed by atoms with Crippen molar-refractivity contribution in [2.45, 2.75) is 51.0 Å². The topological polar surface area (TPSA) is 75.3 Å². The highest BCUT2D eigenvalue weighted by Gasteiger charge is 2.54. The van der Waals surface area contributed by atoms with Crippen molar-refractivity contribution in [1.82, 2.24) is 9.78 Å². The Morgan fingerprint density at radius 3 is 2.61 bits per heavy atom. The van der Waals surface area contributed by atoms with Crippen LogP contribution in [-0.4, -0.2) is 31.6 Å². The van der Waals surface area contributed by atoms with E-state index in [4.69, 9.17) is 0 Å². The maximum Gasteiger partial charge on any atom is 0.307 e. The molecule has 2 aliphatic rings. The van der Waals surface area contributed by atoms with Crippen LogP contribution < -0.4 is 0 Å². The van der Waals surface area contributed by atoms with Gasteiger partial charge in [0.2, 0.25) is 0 Å². The Balaban J connectivity index is 1.41. The van der Waals surface area contributed by atoms with Gasteiger partial charge in [0.15, 0.2) is 0 Å². The molecule has 6 heteroatoms. The molecule has 33 heavy (non-hydrogen) atoms. The van der Waals surface area contributed by atoms with Crippen LogP contribution in [0.25, 0.3) is 11.8 Å². The Bertz CT molecular complexity index is 1250. The van der Waals surface area contributed by atoms with Gasteiger partial charge in [-0.3, -0.25) is 4.79 Å². The van der Waals surface area contributed by atoms with Crippen molar-refractivity contribution in [1.29, 1.82) is 0 Å². The summed E-state index contributed by atoms with van der Waals surface area (Å²) in [5.41, 5.74) is 4.57. The number of hydrogen-bond acceptors (Lipinski definition) is 3. The van der Waals surface area contributed by atoms with Gasteiger partial charge in [-0.15, -0.1) is 0 Å². The lowest BCUT2D eigenvalue weighted by atomic mass is 9.65. The summed E-state index contributed by atoms with van der Waals surface area (Å²) < 4.78 is 15.2. The van der Waals surface area contributed by atoms with Crippen LogP contribution in [0, 0.1) is 11.2 Å². The summed E-state index contributed by atoms with van der Waals surface area (Å²) >= 11 is 0. The Kier molecular flexibility index (Phi) is 5.20. The summed E-state index contributed by atoms with van der Waals surface area (Å²) in [4.78, 5) is 11.2. The monoisotopic (exact) mass is 446 g/mol. The zero-order valence-electron chi connectivity index (χ0n) is 18.6. The Morgan fingerprint density at radius 2 is 1.88 bits per heavy atom. The highest BCUT2D eigenvalue weighted by molar-refractivity contribution is 5.70. The number of halogens is 1. The van der Waals surface area contributed by atoms with E-state index in [2.05, 4.69) is 18.1 Å². The first-order chi connectivity index (χ1) is 15.8. The van der Waals surface area contributed by atoms with E-state index in [1.807, 2.05) is 35.1 Å². The summed E-state index contributed by atoms with van der Waals surface area (Å²) in [6.45, 7) is 2.13. The van der Waals surface area contributed by atoms with Crippen LogP contribution in [0.15, 0.2) is 60.3 Å². The molecule has 0 aliphatic heterocycles. The smallest absolute Gasteiger partial charge is 0.307 e. The zero-order chi connectivity index (χ0) is 23.2. The molecule has 1 saturated carbocycles. The molecule has 2 atom stereocenters. The van der Waals surface area contributed by atoms with Crippen molar-refractivity contribution in [3.63, 3.8) is 0 Å². The number of aliphatic hydroxyl groups is 1. The van der Waals surface area contributed by atoms with Gasteiger partial charge in [-0.05, 0) is 79.1 Å². The lowest BCUT2D eigenvalue weighted by Crippen LogP contribution is -2.45. The maximum atomic E-state index is 13.4. The number of rotatable bonds is 6. The lowest BCUT2D eigenvalue weighted by Gasteiger charge is -2.42. The molecule has 0 saturated heterocycles. The van der Waals surface area contributed by atoms with Gasteiger partial charge in [-0.2, -0.15) is 5.10 Å². The highest BCUT2D eigenvalue weighted by atomic mass is 19.1. The number of carbonyl (C=O) groups is 1. The highest BCUT2D eigenvalue weighted by Crippen LogP contribution is 2.56. The second kappa shape index (κ2) is 7.96. The molecule has 0 amide bonds. The summed E-state index contributed by atoms with van der Waals surface area (Å²) in [6.07, 6.45) is 7.33. The minimum atomic E-state index is -0.884. The van der Waals surface area contributed by atoms with Gasteiger partial charge < -0.3 is 10.2 Å². The predicted octanol–water partition coefficient (Wildman–Crippen LogP) is 4.74. The molecule has 0 radical (unpaired) electrons. The Morgan fingerprint density at radius 1 is 1.15 bits per heavy atom. The van der Waals surface area contributed by atoms with E-state index < -0.39 is 17.0 Å². The molecule has 170 valence electrons. The van der Waals surface area contributed by atoms with Crippen LogP contribution in [0.2, 0.25) is 0 Å². The SMILES string of the molecule is C[C@]12Cc3cnn(-c4ccc(F)cc4)c3C=C1CC[C@@]2(O)CCc1ccccc1CC(=O)O.